The summed E-state index contributed by atoms with van der Waals surface area (Å²) in [6.07, 6.45) is 0.0780. The Bertz CT molecular complexity index is 1210. The van der Waals surface area contributed by atoms with Gasteiger partial charge in [-0.1, -0.05) is 30.3 Å². The Morgan fingerprint density at radius 3 is 2.29 bits per heavy atom. The van der Waals surface area contributed by atoms with Crippen molar-refractivity contribution in [1.82, 2.24) is 14.5 Å². The molecule has 0 radical (unpaired) electrons. The highest BCUT2D eigenvalue weighted by molar-refractivity contribution is 6.00. The van der Waals surface area contributed by atoms with Gasteiger partial charge in [-0.3, -0.25) is 0 Å². The predicted octanol–water partition coefficient (Wildman–Crippen LogP) is 2.50. The monoisotopic (exact) mass is 418 g/mol. The molecular weight excluding hydrogens is 396 g/mol. The number of rotatable bonds is 4. The van der Waals surface area contributed by atoms with E-state index >= 15 is 0 Å². The molecule has 8 heteroatoms. The summed E-state index contributed by atoms with van der Waals surface area (Å²) in [6, 6.07) is 16.5. The van der Waals surface area contributed by atoms with Gasteiger partial charge in [0.05, 0.1) is 17.5 Å². The van der Waals surface area contributed by atoms with Crippen LogP contribution in [0.25, 0.3) is 22.2 Å². The molecule has 1 fully saturated rings. The minimum atomic E-state index is -1.21. The fourth-order valence-electron chi connectivity index (χ4n) is 4.17. The van der Waals surface area contributed by atoms with Gasteiger partial charge in [0.25, 0.3) is 0 Å². The molecule has 1 aliphatic rings. The number of hydrogen-bond donors (Lipinski definition) is 4. The SMILES string of the molecule is Nc1ncnc2c1c(-c1ccc(Oc3ccccc3)cc1)cn2C1CC(O)C(O)C1O. The zero-order valence-corrected chi connectivity index (χ0v) is 16.5. The van der Waals surface area contributed by atoms with Crippen molar-refractivity contribution in [3.8, 4) is 22.6 Å². The van der Waals surface area contributed by atoms with E-state index in [1.807, 2.05) is 60.8 Å². The number of aliphatic hydroxyl groups is 3. The maximum atomic E-state index is 10.4. The molecule has 2 aromatic carbocycles. The molecule has 8 nitrogen and oxygen atoms in total. The molecule has 0 bridgehead atoms. The third-order valence-corrected chi connectivity index (χ3v) is 5.76. The summed E-state index contributed by atoms with van der Waals surface area (Å²) < 4.78 is 7.63. The molecule has 0 aliphatic heterocycles. The lowest BCUT2D eigenvalue weighted by Gasteiger charge is -2.18. The Balaban J connectivity index is 1.54. The lowest BCUT2D eigenvalue weighted by molar-refractivity contribution is -0.0244. The van der Waals surface area contributed by atoms with Crippen molar-refractivity contribution in [2.24, 2.45) is 0 Å². The summed E-state index contributed by atoms with van der Waals surface area (Å²) in [4.78, 5) is 8.49. The molecule has 31 heavy (non-hydrogen) atoms. The van der Waals surface area contributed by atoms with E-state index in [1.54, 1.807) is 4.57 Å². The van der Waals surface area contributed by atoms with Gasteiger partial charge in [-0.25, -0.2) is 9.97 Å². The van der Waals surface area contributed by atoms with Crippen LogP contribution in [0.1, 0.15) is 12.5 Å². The number of nitrogens with zero attached hydrogens (tertiary/aromatic N) is 3. The molecule has 5 N–H and O–H groups in total. The highest BCUT2D eigenvalue weighted by Crippen LogP contribution is 2.39. The maximum absolute atomic E-state index is 10.4. The van der Waals surface area contributed by atoms with Crippen LogP contribution in [0.2, 0.25) is 0 Å². The number of para-hydroxylation sites is 1. The zero-order chi connectivity index (χ0) is 21.5. The van der Waals surface area contributed by atoms with Gasteiger partial charge >= 0.3 is 0 Å². The smallest absolute Gasteiger partial charge is 0.146 e. The number of nitrogen functional groups attached to an aromatic ring is 1. The standard InChI is InChI=1S/C23H22N4O4/c24-22-19-16(13-6-8-15(9-7-13)31-14-4-2-1-3-5-14)11-27(23(19)26-12-25-22)17-10-18(28)21(30)20(17)29/h1-9,11-12,17-18,20-21,28-30H,10H2,(H2,24,25,26). The summed E-state index contributed by atoms with van der Waals surface area (Å²) in [5.74, 6) is 1.76. The predicted molar refractivity (Wildman–Crippen MR) is 116 cm³/mol. The third kappa shape index (κ3) is 3.40. The average molecular weight is 418 g/mol. The molecule has 1 aliphatic carbocycles. The van der Waals surface area contributed by atoms with Crippen molar-refractivity contribution in [2.75, 3.05) is 5.73 Å². The van der Waals surface area contributed by atoms with E-state index in [0.717, 1.165) is 16.9 Å². The molecular formula is C23H22N4O4. The molecule has 5 rings (SSSR count). The van der Waals surface area contributed by atoms with Crippen LogP contribution in [-0.2, 0) is 0 Å². The number of aromatic nitrogens is 3. The molecule has 1 saturated carbocycles. The molecule has 2 aromatic heterocycles. The zero-order valence-electron chi connectivity index (χ0n) is 16.5. The highest BCUT2D eigenvalue weighted by atomic mass is 16.5. The van der Waals surface area contributed by atoms with Gasteiger partial charge in [0.2, 0.25) is 0 Å². The molecule has 0 spiro atoms. The van der Waals surface area contributed by atoms with Crippen LogP contribution in [0.3, 0.4) is 0 Å². The molecule has 4 unspecified atom stereocenters. The molecule has 0 amide bonds. The lowest BCUT2D eigenvalue weighted by atomic mass is 10.1. The Morgan fingerprint density at radius 2 is 1.61 bits per heavy atom. The fraction of sp³-hybridized carbons (Fsp3) is 0.217. The number of fused-ring (bicyclic) bond motifs is 1. The van der Waals surface area contributed by atoms with Crippen LogP contribution in [0, 0.1) is 0 Å². The summed E-state index contributed by atoms with van der Waals surface area (Å²) in [5, 5.41) is 31.1. The van der Waals surface area contributed by atoms with E-state index in [0.29, 0.717) is 22.6 Å². The van der Waals surface area contributed by atoms with Crippen molar-refractivity contribution in [3.63, 3.8) is 0 Å². The van der Waals surface area contributed by atoms with E-state index in [4.69, 9.17) is 10.5 Å². The van der Waals surface area contributed by atoms with Crippen LogP contribution in [0.5, 0.6) is 11.5 Å². The number of nitrogens with two attached hydrogens (primary N) is 1. The van der Waals surface area contributed by atoms with Crippen LogP contribution in [-0.4, -0.2) is 48.2 Å². The molecule has 4 aromatic rings. The molecule has 4 atom stereocenters. The first-order valence-corrected chi connectivity index (χ1v) is 10.0. The van der Waals surface area contributed by atoms with E-state index in [1.165, 1.54) is 6.33 Å². The van der Waals surface area contributed by atoms with Gasteiger partial charge in [-0.05, 0) is 36.2 Å². The van der Waals surface area contributed by atoms with Gasteiger partial charge < -0.3 is 30.4 Å². The van der Waals surface area contributed by atoms with Crippen molar-refractivity contribution in [1.29, 1.82) is 0 Å². The summed E-state index contributed by atoms with van der Waals surface area (Å²) in [5.41, 5.74) is 8.38. The van der Waals surface area contributed by atoms with E-state index in [9.17, 15) is 15.3 Å². The summed E-state index contributed by atoms with van der Waals surface area (Å²) in [7, 11) is 0. The van der Waals surface area contributed by atoms with Crippen LogP contribution < -0.4 is 10.5 Å². The van der Waals surface area contributed by atoms with Gasteiger partial charge in [-0.15, -0.1) is 0 Å². The first kappa shape index (κ1) is 19.5. The number of benzene rings is 2. The summed E-state index contributed by atoms with van der Waals surface area (Å²) in [6.45, 7) is 0. The Labute approximate surface area is 178 Å². The number of anilines is 1. The van der Waals surface area contributed by atoms with E-state index in [-0.39, 0.29) is 6.42 Å². The fourth-order valence-corrected chi connectivity index (χ4v) is 4.17. The minimum Gasteiger partial charge on any atom is -0.457 e. The van der Waals surface area contributed by atoms with Crippen molar-refractivity contribution >= 4 is 16.9 Å². The topological polar surface area (TPSA) is 127 Å². The second-order valence-electron chi connectivity index (χ2n) is 7.70. The Morgan fingerprint density at radius 1 is 0.903 bits per heavy atom. The van der Waals surface area contributed by atoms with Gasteiger partial charge in [0.15, 0.2) is 0 Å². The maximum Gasteiger partial charge on any atom is 0.146 e. The quantitative estimate of drug-likeness (QED) is 0.401. The van der Waals surface area contributed by atoms with Gasteiger partial charge in [-0.2, -0.15) is 0 Å². The molecule has 158 valence electrons. The normalized spacial score (nSPS) is 23.3. The Hall–Kier alpha value is -3.46. The average Bonchev–Trinajstić information content (AvgIpc) is 3.29. The summed E-state index contributed by atoms with van der Waals surface area (Å²) >= 11 is 0. The van der Waals surface area contributed by atoms with Crippen molar-refractivity contribution in [2.45, 2.75) is 30.8 Å². The lowest BCUT2D eigenvalue weighted by Crippen LogP contribution is -2.31. The second-order valence-corrected chi connectivity index (χ2v) is 7.70. The first-order valence-electron chi connectivity index (χ1n) is 10.0. The van der Waals surface area contributed by atoms with Crippen LogP contribution in [0.15, 0.2) is 67.1 Å². The highest BCUT2D eigenvalue weighted by Gasteiger charge is 2.42. The third-order valence-electron chi connectivity index (χ3n) is 5.76. The van der Waals surface area contributed by atoms with Crippen molar-refractivity contribution in [3.05, 3.63) is 67.1 Å². The van der Waals surface area contributed by atoms with Crippen LogP contribution in [0.4, 0.5) is 5.82 Å². The van der Waals surface area contributed by atoms with Crippen LogP contribution >= 0.6 is 0 Å². The van der Waals surface area contributed by atoms with Crippen molar-refractivity contribution < 1.29 is 20.1 Å². The second kappa shape index (κ2) is 7.66. The largest absolute Gasteiger partial charge is 0.457 e. The van der Waals surface area contributed by atoms with Gasteiger partial charge in [0, 0.05) is 11.8 Å². The molecule has 2 heterocycles. The van der Waals surface area contributed by atoms with E-state index < -0.39 is 24.4 Å². The van der Waals surface area contributed by atoms with E-state index in [2.05, 4.69) is 9.97 Å². The minimum absolute atomic E-state index is 0.208. The number of hydrogen-bond acceptors (Lipinski definition) is 7. The Kier molecular flexibility index (Phi) is 4.82. The van der Waals surface area contributed by atoms with Gasteiger partial charge in [0.1, 0.15) is 41.5 Å². The first-order chi connectivity index (χ1) is 15.0. The number of aliphatic hydroxyl groups excluding tert-OH is 3. The molecule has 0 saturated heterocycles. The number of ether oxygens (including phenoxy) is 1.